The zero-order chi connectivity index (χ0) is 46.8. The van der Waals surface area contributed by atoms with E-state index in [-0.39, 0.29) is 34.8 Å². The van der Waals surface area contributed by atoms with Gasteiger partial charge in [0, 0.05) is 28.1 Å². The summed E-state index contributed by atoms with van der Waals surface area (Å²) >= 11 is 10.00. The average molecular weight is 962 g/mol. The third-order valence-electron chi connectivity index (χ3n) is 12.4. The summed E-state index contributed by atoms with van der Waals surface area (Å²) in [6.07, 6.45) is 3.49. The standard InChI is InChI=1S/C48H58ClFN4O6S2Si2/c1-29-36(19-16-32(41(29)49)26-59-64(11,12)48(5,6)7)39-40-43(52-28-53-44(40)62-42(39)31-14-17-34(50)18-15-31)60-38(45(55)56)24-33-23-30(25-58-63(9,10)47(2,3)4)13-20-37(33)57-27-35-21-22-51-46(54-35)61-8/h13-23,28,38H,24-27H2,1-12H3,(H,55,56). The van der Waals surface area contributed by atoms with Crippen LogP contribution in [0.15, 0.2) is 78.3 Å². The number of benzene rings is 3. The Morgan fingerprint density at radius 2 is 1.55 bits per heavy atom. The highest BCUT2D eigenvalue weighted by Gasteiger charge is 2.38. The van der Waals surface area contributed by atoms with E-state index in [0.29, 0.717) is 56.2 Å². The van der Waals surface area contributed by atoms with Crippen molar-refractivity contribution >= 4 is 67.5 Å². The fraction of sp³-hybridized carbons (Fsp3) is 0.396. The molecule has 64 heavy (non-hydrogen) atoms. The molecule has 6 rings (SSSR count). The van der Waals surface area contributed by atoms with Crippen LogP contribution in [0.2, 0.25) is 41.3 Å². The molecular weight excluding hydrogens is 903 g/mol. The number of carboxylic acids is 1. The molecule has 1 atom stereocenters. The number of fused-ring (bicyclic) bond motifs is 1. The van der Waals surface area contributed by atoms with Crippen LogP contribution in [0, 0.1) is 12.7 Å². The Bertz CT molecular complexity index is 2630. The second-order valence-corrected chi connectivity index (χ2v) is 30.7. The van der Waals surface area contributed by atoms with Crippen LogP contribution in [0.5, 0.6) is 11.6 Å². The maximum Gasteiger partial charge on any atom is 0.345 e. The molecule has 0 spiro atoms. The van der Waals surface area contributed by atoms with E-state index in [9.17, 15) is 14.3 Å². The summed E-state index contributed by atoms with van der Waals surface area (Å²) in [7, 11) is -4.20. The third kappa shape index (κ3) is 11.2. The number of aromatic nitrogens is 4. The first kappa shape index (κ1) is 49.2. The van der Waals surface area contributed by atoms with Gasteiger partial charge in [-0.1, -0.05) is 95.2 Å². The van der Waals surface area contributed by atoms with Gasteiger partial charge in [-0.2, -0.15) is 0 Å². The third-order valence-corrected chi connectivity index (χ3v) is 23.6. The van der Waals surface area contributed by atoms with E-state index < -0.39 is 28.7 Å². The predicted molar refractivity (Wildman–Crippen MR) is 262 cm³/mol. The van der Waals surface area contributed by atoms with E-state index >= 15 is 0 Å². The normalized spacial score (nSPS) is 13.0. The molecule has 0 amide bonds. The van der Waals surface area contributed by atoms with Crippen molar-refractivity contribution in [1.29, 1.82) is 0 Å². The number of ether oxygens (including phenoxy) is 2. The van der Waals surface area contributed by atoms with Crippen LogP contribution >= 0.6 is 34.7 Å². The molecule has 3 heterocycles. The largest absolute Gasteiger partial charge is 0.487 e. The smallest absolute Gasteiger partial charge is 0.345 e. The van der Waals surface area contributed by atoms with Crippen LogP contribution < -0.4 is 9.47 Å². The van der Waals surface area contributed by atoms with Crippen molar-refractivity contribution in [3.8, 4) is 33.2 Å². The first-order chi connectivity index (χ1) is 30.0. The number of hydrogen-bond donors (Lipinski definition) is 1. The maximum absolute atomic E-state index is 14.3. The summed E-state index contributed by atoms with van der Waals surface area (Å²) < 4.78 is 40.3. The molecule has 3 aromatic heterocycles. The number of rotatable bonds is 17. The summed E-state index contributed by atoms with van der Waals surface area (Å²) in [6, 6.07) is 17.7. The summed E-state index contributed by atoms with van der Waals surface area (Å²) in [6.45, 7) is 24.8. The number of carboxylic acid groups (broad SMARTS) is 1. The molecule has 3 aromatic carbocycles. The lowest BCUT2D eigenvalue weighted by molar-refractivity contribution is -0.145. The van der Waals surface area contributed by atoms with Gasteiger partial charge in [-0.25, -0.2) is 29.1 Å². The minimum absolute atomic E-state index is 0.000739. The topological polar surface area (TPSA) is 126 Å². The summed E-state index contributed by atoms with van der Waals surface area (Å²) in [5.41, 5.74) is 6.03. The van der Waals surface area contributed by atoms with Crippen molar-refractivity contribution in [2.75, 3.05) is 6.26 Å². The first-order valence-corrected chi connectivity index (χ1v) is 29.3. The Hall–Kier alpha value is -4.23. The molecular formula is C48H58ClFN4O6S2Si2. The Labute approximate surface area is 391 Å². The van der Waals surface area contributed by atoms with Crippen LogP contribution in [0.4, 0.5) is 4.39 Å². The highest BCUT2D eigenvalue weighted by molar-refractivity contribution is 7.98. The molecule has 6 aromatic rings. The second-order valence-electron chi connectivity index (χ2n) is 18.9. The molecule has 1 unspecified atom stereocenters. The lowest BCUT2D eigenvalue weighted by Crippen LogP contribution is -2.40. The molecule has 16 heteroatoms. The van der Waals surface area contributed by atoms with Gasteiger partial charge in [-0.3, -0.25) is 0 Å². The molecule has 0 bridgehead atoms. The first-order valence-electron chi connectivity index (χ1n) is 21.1. The molecule has 1 N–H and O–H groups in total. The Morgan fingerprint density at radius 1 is 0.875 bits per heavy atom. The highest BCUT2D eigenvalue weighted by atomic mass is 35.5. The highest BCUT2D eigenvalue weighted by Crippen LogP contribution is 2.49. The van der Waals surface area contributed by atoms with Crippen molar-refractivity contribution in [3.05, 3.63) is 112 Å². The van der Waals surface area contributed by atoms with Gasteiger partial charge < -0.3 is 23.4 Å². The number of thiophene rings is 1. The summed E-state index contributed by atoms with van der Waals surface area (Å²) in [5.74, 6) is -0.989. The van der Waals surface area contributed by atoms with Gasteiger partial charge in [-0.15, -0.1) is 11.3 Å². The zero-order valence-corrected chi connectivity index (χ0v) is 43.1. The van der Waals surface area contributed by atoms with Gasteiger partial charge in [-0.05, 0) is 113 Å². The van der Waals surface area contributed by atoms with E-state index in [2.05, 4.69) is 87.7 Å². The molecule has 0 saturated carbocycles. The van der Waals surface area contributed by atoms with Crippen molar-refractivity contribution in [2.24, 2.45) is 0 Å². The number of carbonyl (C=O) groups is 1. The molecule has 0 aliphatic rings. The molecule has 10 nitrogen and oxygen atoms in total. The fourth-order valence-electron chi connectivity index (χ4n) is 6.38. The molecule has 0 aliphatic heterocycles. The lowest BCUT2D eigenvalue weighted by Gasteiger charge is -2.36. The van der Waals surface area contributed by atoms with Crippen molar-refractivity contribution < 1.29 is 32.6 Å². The SMILES string of the molecule is CSc1nccc(COc2ccc(CO[Si](C)(C)C(C)(C)C)cc2CC(Oc2ncnc3sc(-c4ccc(F)cc4)c(-c4ccc(CO[Si](C)(C)C(C)(C)C)c(Cl)c4C)c23)C(=O)O)n1. The van der Waals surface area contributed by atoms with Crippen LogP contribution in [0.1, 0.15) is 69.5 Å². The van der Waals surface area contributed by atoms with Crippen LogP contribution in [0.25, 0.3) is 31.8 Å². The lowest BCUT2D eigenvalue weighted by atomic mass is 9.94. The van der Waals surface area contributed by atoms with Crippen LogP contribution in [-0.2, 0) is 39.9 Å². The minimum Gasteiger partial charge on any atom is -0.487 e. The van der Waals surface area contributed by atoms with E-state index in [4.69, 9.17) is 29.9 Å². The van der Waals surface area contributed by atoms with Gasteiger partial charge in [0.2, 0.25) is 12.0 Å². The molecule has 0 radical (unpaired) electrons. The fourth-order valence-corrected chi connectivity index (χ4v) is 10.0. The van der Waals surface area contributed by atoms with Gasteiger partial charge >= 0.3 is 5.97 Å². The number of hydrogen-bond acceptors (Lipinski definition) is 11. The van der Waals surface area contributed by atoms with Gasteiger partial charge in [0.15, 0.2) is 21.8 Å². The van der Waals surface area contributed by atoms with Gasteiger partial charge in [0.25, 0.3) is 0 Å². The van der Waals surface area contributed by atoms with Crippen LogP contribution in [0.3, 0.4) is 0 Å². The molecule has 0 fully saturated rings. The van der Waals surface area contributed by atoms with E-state index in [1.54, 1.807) is 24.4 Å². The maximum atomic E-state index is 14.3. The monoisotopic (exact) mass is 960 g/mol. The Kier molecular flexibility index (Phi) is 15.2. The molecule has 340 valence electrons. The number of nitrogens with zero attached hydrogens (tertiary/aromatic N) is 4. The van der Waals surface area contributed by atoms with E-state index in [0.717, 1.165) is 32.7 Å². The predicted octanol–water partition coefficient (Wildman–Crippen LogP) is 13.3. The van der Waals surface area contributed by atoms with E-state index in [1.807, 2.05) is 43.5 Å². The van der Waals surface area contributed by atoms with E-state index in [1.165, 1.54) is 41.6 Å². The van der Waals surface area contributed by atoms with Crippen LogP contribution in [-0.4, -0.2) is 60.0 Å². The Balaban J connectivity index is 1.42. The second kappa shape index (κ2) is 19.7. The summed E-state index contributed by atoms with van der Waals surface area (Å²) in [4.78, 5) is 32.7. The average Bonchev–Trinajstić information content (AvgIpc) is 3.62. The number of halogens is 2. The van der Waals surface area contributed by atoms with Crippen molar-refractivity contribution in [3.63, 3.8) is 0 Å². The molecule has 0 saturated heterocycles. The number of aliphatic carboxylic acids is 1. The van der Waals surface area contributed by atoms with Crippen molar-refractivity contribution in [2.45, 2.75) is 122 Å². The zero-order valence-electron chi connectivity index (χ0n) is 38.7. The summed E-state index contributed by atoms with van der Waals surface area (Å²) in [5, 5.41) is 12.6. The van der Waals surface area contributed by atoms with Gasteiger partial charge in [0.05, 0.1) is 24.3 Å². The van der Waals surface area contributed by atoms with Crippen molar-refractivity contribution in [1.82, 2.24) is 19.9 Å². The Morgan fingerprint density at radius 3 is 2.19 bits per heavy atom. The van der Waals surface area contributed by atoms with Gasteiger partial charge in [0.1, 0.15) is 29.3 Å². The molecule has 0 aliphatic carbocycles. The quantitative estimate of drug-likeness (QED) is 0.0533. The minimum atomic E-state index is -2.11. The number of thioether (sulfide) groups is 1.